The maximum absolute atomic E-state index is 12.2. The van der Waals surface area contributed by atoms with Gasteiger partial charge in [-0.2, -0.15) is 0 Å². The highest BCUT2D eigenvalue weighted by atomic mass is 16.2. The predicted molar refractivity (Wildman–Crippen MR) is 74.4 cm³/mol. The van der Waals surface area contributed by atoms with Crippen LogP contribution in [0.3, 0.4) is 0 Å². The Balaban J connectivity index is 1.94. The lowest BCUT2D eigenvalue weighted by molar-refractivity contribution is -0.124. The number of hydrogen-bond donors (Lipinski definition) is 2. The fourth-order valence-corrected chi connectivity index (χ4v) is 4.16. The Morgan fingerprint density at radius 3 is 2.28 bits per heavy atom. The van der Waals surface area contributed by atoms with Crippen LogP contribution in [0.25, 0.3) is 0 Å². The molecule has 1 atom stereocenters. The summed E-state index contributed by atoms with van der Waals surface area (Å²) in [5.41, 5.74) is 0.672. The lowest BCUT2D eigenvalue weighted by Gasteiger charge is -2.45. The Hall–Kier alpha value is -0.570. The van der Waals surface area contributed by atoms with Crippen LogP contribution in [0.15, 0.2) is 0 Å². The van der Waals surface area contributed by atoms with E-state index < -0.39 is 0 Å². The molecule has 0 bridgehead atoms. The van der Waals surface area contributed by atoms with E-state index in [0.29, 0.717) is 16.9 Å². The molecule has 2 aliphatic rings. The Kier molecular flexibility index (Phi) is 3.72. The second-order valence-electron chi connectivity index (χ2n) is 7.77. The minimum atomic E-state index is 0.0538. The molecule has 0 aromatic heterocycles. The van der Waals surface area contributed by atoms with Gasteiger partial charge in [0.25, 0.3) is 0 Å². The molecule has 0 spiro atoms. The molecule has 2 rings (SSSR count). The largest absolute Gasteiger partial charge is 0.352 e. The van der Waals surface area contributed by atoms with Gasteiger partial charge in [-0.3, -0.25) is 4.79 Å². The molecule has 0 aromatic carbocycles. The average Bonchev–Trinajstić information content (AvgIpc) is 2.63. The lowest BCUT2D eigenvalue weighted by atomic mass is 9.63. The second kappa shape index (κ2) is 4.84. The van der Waals surface area contributed by atoms with E-state index in [4.69, 9.17) is 0 Å². The molecule has 3 nitrogen and oxygen atoms in total. The zero-order chi connectivity index (χ0) is 13.4. The minimum Gasteiger partial charge on any atom is -0.352 e. The highest BCUT2D eigenvalue weighted by molar-refractivity contribution is 5.82. The predicted octanol–water partition coefficient (Wildman–Crippen LogP) is 2.46. The molecule has 1 aliphatic carbocycles. The van der Waals surface area contributed by atoms with E-state index in [9.17, 15) is 4.79 Å². The molecular weight excluding hydrogens is 224 g/mol. The molecule has 3 heteroatoms. The van der Waals surface area contributed by atoms with Crippen molar-refractivity contribution in [3.8, 4) is 0 Å². The van der Waals surface area contributed by atoms with Gasteiger partial charge in [0.05, 0.1) is 6.04 Å². The fraction of sp³-hybridized carbons (Fsp3) is 0.933. The lowest BCUT2D eigenvalue weighted by Crippen LogP contribution is -2.50. The highest BCUT2D eigenvalue weighted by Gasteiger charge is 2.39. The summed E-state index contributed by atoms with van der Waals surface area (Å²) in [5.74, 6) is 0.214. The quantitative estimate of drug-likeness (QED) is 0.792. The van der Waals surface area contributed by atoms with E-state index in [1.807, 2.05) is 0 Å². The zero-order valence-electron chi connectivity index (χ0n) is 12.3. The SMILES string of the molecule is CC1(C)CC(NC(=O)[C@H]2CCCN2)CC(C)(C)C1. The Bertz CT molecular complexity index is 300. The highest BCUT2D eigenvalue weighted by Crippen LogP contribution is 2.45. The second-order valence-corrected chi connectivity index (χ2v) is 7.77. The van der Waals surface area contributed by atoms with Gasteiger partial charge in [-0.05, 0) is 49.5 Å². The maximum atomic E-state index is 12.2. The summed E-state index contributed by atoms with van der Waals surface area (Å²) in [6.45, 7) is 10.3. The van der Waals surface area contributed by atoms with Gasteiger partial charge in [-0.25, -0.2) is 0 Å². The summed E-state index contributed by atoms with van der Waals surface area (Å²) < 4.78 is 0. The van der Waals surface area contributed by atoms with E-state index in [1.165, 1.54) is 6.42 Å². The van der Waals surface area contributed by atoms with Crippen LogP contribution < -0.4 is 10.6 Å². The number of carbonyl (C=O) groups is 1. The van der Waals surface area contributed by atoms with Crippen LogP contribution in [0, 0.1) is 10.8 Å². The molecule has 2 fully saturated rings. The van der Waals surface area contributed by atoms with Crippen molar-refractivity contribution in [1.82, 2.24) is 10.6 Å². The topological polar surface area (TPSA) is 41.1 Å². The molecule has 1 saturated heterocycles. The van der Waals surface area contributed by atoms with Crippen molar-refractivity contribution in [3.05, 3.63) is 0 Å². The van der Waals surface area contributed by atoms with Crippen molar-refractivity contribution in [2.45, 2.75) is 71.9 Å². The number of carbonyl (C=O) groups excluding carboxylic acids is 1. The number of nitrogens with one attached hydrogen (secondary N) is 2. The van der Waals surface area contributed by atoms with E-state index >= 15 is 0 Å². The number of hydrogen-bond acceptors (Lipinski definition) is 2. The van der Waals surface area contributed by atoms with Crippen molar-refractivity contribution in [1.29, 1.82) is 0 Å². The molecule has 0 radical (unpaired) electrons. The third kappa shape index (κ3) is 3.47. The van der Waals surface area contributed by atoms with E-state index in [0.717, 1.165) is 32.2 Å². The van der Waals surface area contributed by atoms with Gasteiger partial charge < -0.3 is 10.6 Å². The van der Waals surface area contributed by atoms with Gasteiger partial charge in [0.15, 0.2) is 0 Å². The first-order valence-corrected chi connectivity index (χ1v) is 7.31. The summed E-state index contributed by atoms with van der Waals surface area (Å²) in [6, 6.07) is 0.400. The summed E-state index contributed by atoms with van der Waals surface area (Å²) in [5, 5.41) is 6.55. The van der Waals surface area contributed by atoms with Gasteiger partial charge in [0.2, 0.25) is 5.91 Å². The number of rotatable bonds is 2. The first-order chi connectivity index (χ1) is 8.27. The summed E-state index contributed by atoms with van der Waals surface area (Å²) in [7, 11) is 0. The first kappa shape index (κ1) is 13.9. The van der Waals surface area contributed by atoms with Crippen LogP contribution in [0.1, 0.15) is 59.8 Å². The summed E-state index contributed by atoms with van der Waals surface area (Å²) in [6.07, 6.45) is 5.57. The van der Waals surface area contributed by atoms with Crippen molar-refractivity contribution in [3.63, 3.8) is 0 Å². The van der Waals surface area contributed by atoms with Crippen LogP contribution in [-0.4, -0.2) is 24.5 Å². The van der Waals surface area contributed by atoms with Crippen molar-refractivity contribution >= 4 is 5.91 Å². The van der Waals surface area contributed by atoms with Gasteiger partial charge in [0, 0.05) is 6.04 Å². The normalized spacial score (nSPS) is 31.2. The van der Waals surface area contributed by atoms with Gasteiger partial charge in [-0.1, -0.05) is 27.7 Å². The standard InChI is InChI=1S/C15H28N2O/c1-14(2)8-11(9-15(3,4)10-14)17-13(18)12-6-5-7-16-12/h11-12,16H,5-10H2,1-4H3,(H,17,18)/t12-/m1/s1. The van der Waals surface area contributed by atoms with E-state index in [1.54, 1.807) is 0 Å². The van der Waals surface area contributed by atoms with E-state index in [2.05, 4.69) is 38.3 Å². The molecule has 18 heavy (non-hydrogen) atoms. The minimum absolute atomic E-state index is 0.0538. The number of amides is 1. The maximum Gasteiger partial charge on any atom is 0.237 e. The summed E-state index contributed by atoms with van der Waals surface area (Å²) >= 11 is 0. The molecule has 1 saturated carbocycles. The van der Waals surface area contributed by atoms with E-state index in [-0.39, 0.29) is 11.9 Å². The molecule has 0 aromatic rings. The van der Waals surface area contributed by atoms with Gasteiger partial charge >= 0.3 is 0 Å². The van der Waals surface area contributed by atoms with Gasteiger partial charge in [0.1, 0.15) is 0 Å². The summed E-state index contributed by atoms with van der Waals surface area (Å²) in [4.78, 5) is 12.2. The fourth-order valence-electron chi connectivity index (χ4n) is 4.16. The first-order valence-electron chi connectivity index (χ1n) is 7.31. The Morgan fingerprint density at radius 2 is 1.78 bits per heavy atom. The average molecular weight is 252 g/mol. The van der Waals surface area contributed by atoms with Crippen molar-refractivity contribution in [2.75, 3.05) is 6.54 Å². The van der Waals surface area contributed by atoms with Gasteiger partial charge in [-0.15, -0.1) is 0 Å². The van der Waals surface area contributed by atoms with Crippen LogP contribution in [0.4, 0.5) is 0 Å². The third-order valence-electron chi connectivity index (χ3n) is 4.28. The van der Waals surface area contributed by atoms with Crippen molar-refractivity contribution in [2.24, 2.45) is 10.8 Å². The van der Waals surface area contributed by atoms with Crippen molar-refractivity contribution < 1.29 is 4.79 Å². The van der Waals surface area contributed by atoms with Crippen LogP contribution in [-0.2, 0) is 4.79 Å². The smallest absolute Gasteiger partial charge is 0.237 e. The molecule has 1 heterocycles. The molecule has 2 N–H and O–H groups in total. The van der Waals surface area contributed by atoms with Crippen LogP contribution in [0.5, 0.6) is 0 Å². The Morgan fingerprint density at radius 1 is 1.17 bits per heavy atom. The van der Waals surface area contributed by atoms with Crippen LogP contribution in [0.2, 0.25) is 0 Å². The Labute approximate surface area is 111 Å². The van der Waals surface area contributed by atoms with Crippen LogP contribution >= 0.6 is 0 Å². The third-order valence-corrected chi connectivity index (χ3v) is 4.28. The monoisotopic (exact) mass is 252 g/mol. The molecular formula is C15H28N2O. The molecule has 104 valence electrons. The molecule has 1 amide bonds. The molecule has 1 aliphatic heterocycles. The zero-order valence-corrected chi connectivity index (χ0v) is 12.3. The molecule has 0 unspecified atom stereocenters.